The monoisotopic (exact) mass is 250 g/mol. The highest BCUT2D eigenvalue weighted by molar-refractivity contribution is 7.51. The van der Waals surface area contributed by atoms with E-state index in [1.807, 2.05) is 0 Å². The van der Waals surface area contributed by atoms with E-state index in [0.29, 0.717) is 5.06 Å². The van der Waals surface area contributed by atoms with Crippen molar-refractivity contribution in [3.63, 3.8) is 0 Å². The molecule has 0 bridgehead atoms. The van der Waals surface area contributed by atoms with Crippen LogP contribution in [0.1, 0.15) is 0 Å². The highest BCUT2D eigenvalue weighted by Gasteiger charge is 2.17. The molecule has 0 aliphatic rings. The van der Waals surface area contributed by atoms with Crippen LogP contribution >= 0.6 is 7.60 Å². The van der Waals surface area contributed by atoms with Gasteiger partial charge in [0.25, 0.3) is 5.91 Å². The third kappa shape index (κ3) is 4.09. The van der Waals surface area contributed by atoms with Gasteiger partial charge in [-0.15, -0.1) is 0 Å². The SMILES string of the molecule is O=C(CNCP(=O)(O)O)N(O)c1cnc[nH]1. The number of imidazole rings is 1. The Hall–Kier alpha value is -1.25. The number of hydrogen-bond acceptors (Lipinski definition) is 5. The molecule has 5 N–H and O–H groups in total. The topological polar surface area (TPSA) is 139 Å². The number of hydrogen-bond donors (Lipinski definition) is 5. The van der Waals surface area contributed by atoms with E-state index in [-0.39, 0.29) is 5.82 Å². The average Bonchev–Trinajstić information content (AvgIpc) is 2.67. The van der Waals surface area contributed by atoms with E-state index >= 15 is 0 Å². The third-order valence-corrected chi connectivity index (χ3v) is 2.18. The van der Waals surface area contributed by atoms with Crippen LogP contribution in [0.25, 0.3) is 0 Å². The molecule has 0 aromatic carbocycles. The lowest BCUT2D eigenvalue weighted by Gasteiger charge is -2.12. The summed E-state index contributed by atoms with van der Waals surface area (Å²) in [6.45, 7) is -0.402. The quantitative estimate of drug-likeness (QED) is 0.253. The number of amides is 1. The minimum absolute atomic E-state index is 0.0722. The average molecular weight is 250 g/mol. The van der Waals surface area contributed by atoms with Crippen molar-refractivity contribution < 1.29 is 24.4 Å². The fourth-order valence-electron chi connectivity index (χ4n) is 0.882. The second-order valence-electron chi connectivity index (χ2n) is 2.89. The zero-order valence-electron chi connectivity index (χ0n) is 8.07. The fraction of sp³-hybridized carbons (Fsp3) is 0.333. The van der Waals surface area contributed by atoms with Gasteiger partial charge in [-0.05, 0) is 0 Å². The van der Waals surface area contributed by atoms with Gasteiger partial charge >= 0.3 is 7.60 Å². The van der Waals surface area contributed by atoms with Crippen molar-refractivity contribution >= 4 is 19.3 Å². The lowest BCUT2D eigenvalue weighted by atomic mass is 10.5. The van der Waals surface area contributed by atoms with Crippen LogP contribution in [0.4, 0.5) is 5.82 Å². The molecule has 1 heterocycles. The Kier molecular flexibility index (Phi) is 4.16. The molecule has 0 atom stereocenters. The fourth-order valence-corrected chi connectivity index (χ4v) is 1.29. The number of H-pyrrole nitrogens is 1. The highest BCUT2D eigenvalue weighted by Crippen LogP contribution is 2.31. The summed E-state index contributed by atoms with van der Waals surface area (Å²) >= 11 is 0. The van der Waals surface area contributed by atoms with Crippen LogP contribution in [0.15, 0.2) is 12.5 Å². The third-order valence-electron chi connectivity index (χ3n) is 1.54. The van der Waals surface area contributed by atoms with Crippen LogP contribution in [-0.4, -0.2) is 43.7 Å². The summed E-state index contributed by atoms with van der Waals surface area (Å²) in [7, 11) is -4.20. The molecule has 0 saturated carbocycles. The Morgan fingerprint density at radius 1 is 1.62 bits per heavy atom. The molecule has 10 heteroatoms. The lowest BCUT2D eigenvalue weighted by molar-refractivity contribution is -0.122. The van der Waals surface area contributed by atoms with Crippen LogP contribution in [0.2, 0.25) is 0 Å². The Balaban J connectivity index is 2.39. The first-order chi connectivity index (χ1) is 7.40. The first-order valence-corrected chi connectivity index (χ1v) is 5.95. The molecule has 0 fully saturated rings. The first kappa shape index (κ1) is 12.8. The molecule has 0 radical (unpaired) electrons. The summed E-state index contributed by atoms with van der Waals surface area (Å²) in [6, 6.07) is 0. The van der Waals surface area contributed by atoms with E-state index < -0.39 is 26.3 Å². The normalized spacial score (nSPS) is 11.4. The molecule has 1 aromatic rings. The summed E-state index contributed by atoms with van der Waals surface area (Å²) < 4.78 is 10.4. The van der Waals surface area contributed by atoms with Gasteiger partial charge in [-0.3, -0.25) is 19.9 Å². The number of carbonyl (C=O) groups excluding carboxylic acids is 1. The van der Waals surface area contributed by atoms with Crippen molar-refractivity contribution in [1.82, 2.24) is 15.3 Å². The highest BCUT2D eigenvalue weighted by atomic mass is 31.2. The standard InChI is InChI=1S/C6H11N4O5P/c11-6(2-8-4-16(13,14)15)10(12)5-1-7-3-9-5/h1,3,8,12H,2,4H2,(H,7,9)(H2,13,14,15). The van der Waals surface area contributed by atoms with E-state index in [2.05, 4.69) is 15.3 Å². The summed E-state index contributed by atoms with van der Waals surface area (Å²) in [5.74, 6) is -0.694. The van der Waals surface area contributed by atoms with Crippen molar-refractivity contribution in [1.29, 1.82) is 0 Å². The molecule has 16 heavy (non-hydrogen) atoms. The Morgan fingerprint density at radius 3 is 2.81 bits per heavy atom. The maximum absolute atomic E-state index is 11.2. The van der Waals surface area contributed by atoms with Gasteiger partial charge < -0.3 is 14.8 Å². The maximum atomic E-state index is 11.2. The van der Waals surface area contributed by atoms with E-state index in [9.17, 15) is 14.6 Å². The smallest absolute Gasteiger partial charge is 0.329 e. The number of hydroxylamine groups is 1. The molecule has 0 unspecified atom stereocenters. The maximum Gasteiger partial charge on any atom is 0.339 e. The minimum Gasteiger partial charge on any atom is -0.329 e. The molecule has 0 aliphatic heterocycles. The van der Waals surface area contributed by atoms with Crippen LogP contribution in [0.3, 0.4) is 0 Å². The largest absolute Gasteiger partial charge is 0.339 e. The van der Waals surface area contributed by atoms with Crippen molar-refractivity contribution in [3.8, 4) is 0 Å². The zero-order chi connectivity index (χ0) is 12.2. The molecule has 90 valence electrons. The molecule has 1 rings (SSSR count). The first-order valence-electron chi connectivity index (χ1n) is 4.15. The minimum atomic E-state index is -4.20. The summed E-state index contributed by atoms with van der Waals surface area (Å²) in [4.78, 5) is 34.3. The van der Waals surface area contributed by atoms with Crippen LogP contribution in [0.5, 0.6) is 0 Å². The van der Waals surface area contributed by atoms with Gasteiger partial charge in [0.2, 0.25) is 0 Å². The van der Waals surface area contributed by atoms with Gasteiger partial charge in [0.05, 0.1) is 25.4 Å². The Morgan fingerprint density at radius 2 is 2.31 bits per heavy atom. The summed E-state index contributed by atoms with van der Waals surface area (Å²) in [6.07, 6.45) is 1.87. The molecule has 1 amide bonds. The van der Waals surface area contributed by atoms with Crippen molar-refractivity contribution in [2.45, 2.75) is 0 Å². The van der Waals surface area contributed by atoms with E-state index in [4.69, 9.17) is 9.79 Å². The number of aromatic nitrogens is 2. The Labute approximate surface area is 90.2 Å². The van der Waals surface area contributed by atoms with E-state index in [0.717, 1.165) is 0 Å². The van der Waals surface area contributed by atoms with Gasteiger partial charge in [0.15, 0.2) is 5.82 Å². The van der Waals surface area contributed by atoms with Crippen molar-refractivity contribution in [2.75, 3.05) is 17.9 Å². The molecule has 9 nitrogen and oxygen atoms in total. The van der Waals surface area contributed by atoms with Crippen LogP contribution < -0.4 is 10.4 Å². The van der Waals surface area contributed by atoms with Gasteiger partial charge in [0, 0.05) is 0 Å². The van der Waals surface area contributed by atoms with E-state index in [1.54, 1.807) is 0 Å². The van der Waals surface area contributed by atoms with Gasteiger partial charge in [0.1, 0.15) is 0 Å². The van der Waals surface area contributed by atoms with Gasteiger partial charge in [-0.2, -0.15) is 5.06 Å². The molecular weight excluding hydrogens is 239 g/mol. The number of anilines is 1. The van der Waals surface area contributed by atoms with Crippen LogP contribution in [0, 0.1) is 0 Å². The van der Waals surface area contributed by atoms with Gasteiger partial charge in [-0.25, -0.2) is 4.98 Å². The van der Waals surface area contributed by atoms with Crippen molar-refractivity contribution in [2.24, 2.45) is 0 Å². The molecule has 0 spiro atoms. The summed E-state index contributed by atoms with van der Waals surface area (Å²) in [5, 5.41) is 11.8. The molecule has 1 aromatic heterocycles. The Bertz CT molecular complexity index is 388. The molecular formula is C6H11N4O5P. The van der Waals surface area contributed by atoms with E-state index in [1.165, 1.54) is 12.5 Å². The lowest BCUT2D eigenvalue weighted by Crippen LogP contribution is -2.36. The van der Waals surface area contributed by atoms with Crippen molar-refractivity contribution in [3.05, 3.63) is 12.5 Å². The summed E-state index contributed by atoms with van der Waals surface area (Å²) in [5.41, 5.74) is 0. The number of carbonyl (C=O) groups is 1. The molecule has 0 aliphatic carbocycles. The van der Waals surface area contributed by atoms with Gasteiger partial charge in [-0.1, -0.05) is 0 Å². The number of nitrogens with zero attached hydrogens (tertiary/aromatic N) is 2. The molecule has 0 saturated heterocycles. The number of nitrogens with one attached hydrogen (secondary N) is 2. The number of rotatable bonds is 5. The number of aromatic amines is 1. The second-order valence-corrected chi connectivity index (χ2v) is 4.54. The second kappa shape index (κ2) is 5.19. The predicted octanol–water partition coefficient (Wildman–Crippen LogP) is -1.14. The zero-order valence-corrected chi connectivity index (χ0v) is 8.96. The predicted molar refractivity (Wildman–Crippen MR) is 52.8 cm³/mol. The van der Waals surface area contributed by atoms with Crippen LogP contribution in [-0.2, 0) is 9.36 Å².